The van der Waals surface area contributed by atoms with Gasteiger partial charge in [0.25, 0.3) is 0 Å². The smallest absolute Gasteiger partial charge is 0.382 e. The lowest BCUT2D eigenvalue weighted by atomic mass is 10.0. The zero-order valence-corrected chi connectivity index (χ0v) is 11.5. The van der Waals surface area contributed by atoms with Crippen molar-refractivity contribution in [2.75, 3.05) is 6.26 Å². The fourth-order valence-corrected chi connectivity index (χ4v) is 1.98. The molecule has 0 fully saturated rings. The maximum Gasteiger partial charge on any atom is 0.420 e. The summed E-state index contributed by atoms with van der Waals surface area (Å²) in [5.74, 6) is -2.11. The first-order valence-corrected chi connectivity index (χ1v) is 7.03. The summed E-state index contributed by atoms with van der Waals surface area (Å²) in [6, 6.07) is -1.23. The van der Waals surface area contributed by atoms with Gasteiger partial charge in [-0.25, -0.2) is 0 Å². The van der Waals surface area contributed by atoms with Crippen LogP contribution in [0.1, 0.15) is 16.7 Å². The molecule has 0 heterocycles. The van der Waals surface area contributed by atoms with Crippen LogP contribution in [0.15, 0.2) is 12.1 Å². The molecule has 0 aliphatic heterocycles. The van der Waals surface area contributed by atoms with E-state index in [4.69, 9.17) is 0 Å². The second-order valence-corrected chi connectivity index (χ2v) is 5.75. The summed E-state index contributed by atoms with van der Waals surface area (Å²) in [5, 5.41) is 0. The molecule has 0 N–H and O–H groups in total. The van der Waals surface area contributed by atoms with Crippen molar-refractivity contribution in [3.63, 3.8) is 0 Å². The van der Waals surface area contributed by atoms with Crippen LogP contribution in [0.2, 0.25) is 0 Å². The van der Waals surface area contributed by atoms with Gasteiger partial charge in [-0.2, -0.15) is 47.9 Å². The summed E-state index contributed by atoms with van der Waals surface area (Å²) in [6.07, 6.45) is -16.9. The number of halogens is 9. The highest BCUT2D eigenvalue weighted by Crippen LogP contribution is 2.47. The number of rotatable bonds is 2. The SMILES string of the molecule is CS(=O)(=O)Oc1cc(C(F)(F)F)cc(C(F)(F)F)c1C(F)(F)F. The van der Waals surface area contributed by atoms with Crippen LogP contribution >= 0.6 is 0 Å². The Bertz CT molecular complexity index is 698. The van der Waals surface area contributed by atoms with E-state index in [0.29, 0.717) is 0 Å². The van der Waals surface area contributed by atoms with Crippen LogP contribution in [0.3, 0.4) is 0 Å². The van der Waals surface area contributed by atoms with Crippen LogP contribution in [0.4, 0.5) is 39.5 Å². The molecule has 0 aromatic heterocycles. The van der Waals surface area contributed by atoms with Gasteiger partial charge in [0.15, 0.2) is 5.75 Å². The van der Waals surface area contributed by atoms with Gasteiger partial charge in [0, 0.05) is 0 Å². The molecule has 0 atom stereocenters. The molecule has 0 saturated heterocycles. The molecule has 3 nitrogen and oxygen atoms in total. The highest BCUT2D eigenvalue weighted by atomic mass is 32.2. The minimum absolute atomic E-state index is 0.167. The monoisotopic (exact) mass is 376 g/mol. The number of hydrogen-bond donors (Lipinski definition) is 0. The Morgan fingerprint density at radius 1 is 0.826 bits per heavy atom. The van der Waals surface area contributed by atoms with Gasteiger partial charge < -0.3 is 4.18 Å². The van der Waals surface area contributed by atoms with Crippen LogP contribution in [-0.2, 0) is 28.6 Å². The Kier molecular flexibility index (Phi) is 4.60. The number of alkyl halides is 9. The van der Waals surface area contributed by atoms with E-state index in [-0.39, 0.29) is 6.26 Å². The zero-order valence-electron chi connectivity index (χ0n) is 10.7. The lowest BCUT2D eigenvalue weighted by molar-refractivity contribution is -0.164. The molecule has 132 valence electrons. The van der Waals surface area contributed by atoms with Crippen molar-refractivity contribution in [3.05, 3.63) is 28.8 Å². The van der Waals surface area contributed by atoms with Gasteiger partial charge in [-0.3, -0.25) is 0 Å². The minimum Gasteiger partial charge on any atom is -0.382 e. The predicted molar refractivity (Wildman–Crippen MR) is 56.9 cm³/mol. The quantitative estimate of drug-likeness (QED) is 0.577. The topological polar surface area (TPSA) is 43.4 Å². The third kappa shape index (κ3) is 4.91. The highest BCUT2D eigenvalue weighted by molar-refractivity contribution is 7.86. The van der Waals surface area contributed by atoms with E-state index < -0.39 is 63.2 Å². The lowest BCUT2D eigenvalue weighted by Gasteiger charge is -2.20. The first-order chi connectivity index (χ1) is 9.93. The maximum atomic E-state index is 12.8. The van der Waals surface area contributed by atoms with Gasteiger partial charge in [0.05, 0.1) is 17.4 Å². The average molecular weight is 376 g/mol. The summed E-state index contributed by atoms with van der Waals surface area (Å²) in [6.45, 7) is 0. The normalized spacial score (nSPS) is 14.0. The summed E-state index contributed by atoms with van der Waals surface area (Å²) in [4.78, 5) is 0. The van der Waals surface area contributed by atoms with E-state index in [2.05, 4.69) is 4.18 Å². The third-order valence-electron chi connectivity index (χ3n) is 2.26. The Balaban J connectivity index is 3.90. The fraction of sp³-hybridized carbons (Fsp3) is 0.400. The lowest BCUT2D eigenvalue weighted by Crippen LogP contribution is -2.21. The van der Waals surface area contributed by atoms with Crippen molar-refractivity contribution in [2.24, 2.45) is 0 Å². The number of benzene rings is 1. The van der Waals surface area contributed by atoms with Crippen molar-refractivity contribution in [3.8, 4) is 5.75 Å². The minimum atomic E-state index is -5.83. The molecule has 0 aliphatic carbocycles. The Labute approximate surface area is 122 Å². The molecule has 0 aliphatic rings. The molecule has 1 aromatic rings. The predicted octanol–water partition coefficient (Wildman–Crippen LogP) is 4.08. The first kappa shape index (κ1) is 19.4. The van der Waals surface area contributed by atoms with E-state index in [9.17, 15) is 47.9 Å². The summed E-state index contributed by atoms with van der Waals surface area (Å²) in [7, 11) is -4.82. The molecule has 13 heteroatoms. The van der Waals surface area contributed by atoms with Gasteiger partial charge in [-0.05, 0) is 12.1 Å². The Morgan fingerprint density at radius 3 is 1.61 bits per heavy atom. The van der Waals surface area contributed by atoms with Gasteiger partial charge in [-0.1, -0.05) is 0 Å². The van der Waals surface area contributed by atoms with Crippen molar-refractivity contribution in [1.82, 2.24) is 0 Å². The Hall–Kier alpha value is -1.66. The molecular weight excluding hydrogens is 371 g/mol. The molecule has 1 aromatic carbocycles. The van der Waals surface area contributed by atoms with Crippen molar-refractivity contribution in [1.29, 1.82) is 0 Å². The van der Waals surface area contributed by atoms with Gasteiger partial charge in [-0.15, -0.1) is 0 Å². The molecule has 0 unspecified atom stereocenters. The Morgan fingerprint density at radius 2 is 1.30 bits per heavy atom. The summed E-state index contributed by atoms with van der Waals surface area (Å²) >= 11 is 0. The van der Waals surface area contributed by atoms with Crippen molar-refractivity contribution < 1.29 is 52.1 Å². The summed E-state index contributed by atoms with van der Waals surface area (Å²) in [5.41, 5.74) is -7.52. The molecule has 1 rings (SSSR count). The molecule has 0 radical (unpaired) electrons. The summed E-state index contributed by atoms with van der Waals surface area (Å²) < 4.78 is 139. The molecule has 0 bridgehead atoms. The largest absolute Gasteiger partial charge is 0.420 e. The van der Waals surface area contributed by atoms with Crippen LogP contribution in [0, 0.1) is 0 Å². The van der Waals surface area contributed by atoms with Crippen LogP contribution < -0.4 is 4.18 Å². The van der Waals surface area contributed by atoms with E-state index in [1.807, 2.05) is 0 Å². The van der Waals surface area contributed by atoms with E-state index >= 15 is 0 Å². The van der Waals surface area contributed by atoms with E-state index in [1.165, 1.54) is 0 Å². The van der Waals surface area contributed by atoms with Crippen LogP contribution in [0.5, 0.6) is 5.75 Å². The fourth-order valence-electron chi connectivity index (χ4n) is 1.52. The number of hydrogen-bond acceptors (Lipinski definition) is 3. The van der Waals surface area contributed by atoms with Crippen molar-refractivity contribution in [2.45, 2.75) is 18.5 Å². The molecule has 23 heavy (non-hydrogen) atoms. The maximum absolute atomic E-state index is 12.8. The average Bonchev–Trinajstić information content (AvgIpc) is 2.21. The molecule has 0 spiro atoms. The van der Waals surface area contributed by atoms with Crippen LogP contribution in [0.25, 0.3) is 0 Å². The molecule has 0 saturated carbocycles. The van der Waals surface area contributed by atoms with Crippen molar-refractivity contribution >= 4 is 10.1 Å². The highest BCUT2D eigenvalue weighted by Gasteiger charge is 2.48. The third-order valence-corrected chi connectivity index (χ3v) is 2.74. The van der Waals surface area contributed by atoms with E-state index in [1.54, 1.807) is 0 Å². The first-order valence-electron chi connectivity index (χ1n) is 5.22. The van der Waals surface area contributed by atoms with E-state index in [0.717, 1.165) is 0 Å². The second kappa shape index (κ2) is 5.46. The molecule has 0 amide bonds. The van der Waals surface area contributed by atoms with Crippen LogP contribution in [-0.4, -0.2) is 14.7 Å². The van der Waals surface area contributed by atoms with Gasteiger partial charge in [0.2, 0.25) is 0 Å². The second-order valence-electron chi connectivity index (χ2n) is 4.18. The molecular formula is C10H5F9O3S. The van der Waals surface area contributed by atoms with Gasteiger partial charge >= 0.3 is 28.6 Å². The zero-order chi connectivity index (χ0) is 18.4. The standard InChI is InChI=1S/C10H5F9O3S/c1-23(20,21)22-6-3-4(8(11,12)13)2-5(9(14,15)16)7(6)10(17,18)19/h2-3H,1H3. The van der Waals surface area contributed by atoms with Gasteiger partial charge in [0.1, 0.15) is 5.56 Å².